The van der Waals surface area contributed by atoms with E-state index in [0.717, 1.165) is 12.1 Å². The molecule has 0 aromatic heterocycles. The average molecular weight is 223 g/mol. The Morgan fingerprint density at radius 1 is 1.25 bits per heavy atom. The zero-order chi connectivity index (χ0) is 12.0. The first kappa shape index (κ1) is 13.2. The van der Waals surface area contributed by atoms with Crippen LogP contribution in [0.2, 0.25) is 0 Å². The summed E-state index contributed by atoms with van der Waals surface area (Å²) in [5, 5.41) is 3.37. The molecule has 3 nitrogen and oxygen atoms in total. The van der Waals surface area contributed by atoms with E-state index in [0.29, 0.717) is 0 Å². The maximum atomic E-state index is 5.68. The molecule has 90 valence electrons. The fourth-order valence-corrected chi connectivity index (χ4v) is 1.95. The molecule has 0 fully saturated rings. The van der Waals surface area contributed by atoms with Gasteiger partial charge in [-0.25, -0.2) is 0 Å². The summed E-state index contributed by atoms with van der Waals surface area (Å²) in [7, 11) is 3.39. The van der Waals surface area contributed by atoms with Gasteiger partial charge in [-0.1, -0.05) is 37.3 Å². The average Bonchev–Trinajstić information content (AvgIpc) is 2.36. The maximum absolute atomic E-state index is 5.68. The quantitative estimate of drug-likeness (QED) is 0.749. The first-order chi connectivity index (χ1) is 7.71. The van der Waals surface area contributed by atoms with Crippen LogP contribution in [-0.2, 0) is 15.2 Å². The second-order valence-electron chi connectivity index (χ2n) is 3.71. The van der Waals surface area contributed by atoms with Crippen LogP contribution in [-0.4, -0.2) is 26.9 Å². The SMILES string of the molecule is CCNC(OC)(c1ccccc1)C(C)OC. The van der Waals surface area contributed by atoms with Crippen LogP contribution in [0.5, 0.6) is 0 Å². The van der Waals surface area contributed by atoms with Crippen molar-refractivity contribution in [2.75, 3.05) is 20.8 Å². The first-order valence-corrected chi connectivity index (χ1v) is 5.59. The van der Waals surface area contributed by atoms with Gasteiger partial charge < -0.3 is 9.47 Å². The first-order valence-electron chi connectivity index (χ1n) is 5.59. The molecule has 2 atom stereocenters. The lowest BCUT2D eigenvalue weighted by Crippen LogP contribution is -2.52. The molecule has 16 heavy (non-hydrogen) atoms. The van der Waals surface area contributed by atoms with Crippen molar-refractivity contribution in [1.29, 1.82) is 0 Å². The predicted octanol–water partition coefficient (Wildman–Crippen LogP) is 2.13. The van der Waals surface area contributed by atoms with Crippen LogP contribution in [0.3, 0.4) is 0 Å². The van der Waals surface area contributed by atoms with E-state index in [2.05, 4.69) is 12.2 Å². The van der Waals surface area contributed by atoms with Crippen LogP contribution in [0.25, 0.3) is 0 Å². The smallest absolute Gasteiger partial charge is 0.170 e. The second kappa shape index (κ2) is 5.99. The van der Waals surface area contributed by atoms with E-state index >= 15 is 0 Å². The van der Waals surface area contributed by atoms with Crippen molar-refractivity contribution in [3.63, 3.8) is 0 Å². The summed E-state index contributed by atoms with van der Waals surface area (Å²) in [5.74, 6) is 0. The molecule has 1 aromatic carbocycles. The zero-order valence-corrected chi connectivity index (χ0v) is 10.5. The Labute approximate surface area is 97.8 Å². The summed E-state index contributed by atoms with van der Waals surface area (Å²) in [5.41, 5.74) is 0.499. The third kappa shape index (κ3) is 2.43. The van der Waals surface area contributed by atoms with Gasteiger partial charge in [-0.3, -0.25) is 5.32 Å². The van der Waals surface area contributed by atoms with Crippen molar-refractivity contribution in [2.45, 2.75) is 25.7 Å². The van der Waals surface area contributed by atoms with Gasteiger partial charge >= 0.3 is 0 Å². The summed E-state index contributed by atoms with van der Waals surface area (Å²) < 4.78 is 11.1. The molecule has 1 rings (SSSR count). The normalized spacial score (nSPS) is 16.8. The fourth-order valence-electron chi connectivity index (χ4n) is 1.95. The van der Waals surface area contributed by atoms with E-state index in [1.54, 1.807) is 14.2 Å². The fraction of sp³-hybridized carbons (Fsp3) is 0.538. The van der Waals surface area contributed by atoms with E-state index in [4.69, 9.17) is 9.47 Å². The number of likely N-dealkylation sites (N-methyl/N-ethyl adjacent to an activating group) is 1. The van der Waals surface area contributed by atoms with E-state index < -0.39 is 5.72 Å². The molecule has 3 heteroatoms. The van der Waals surface area contributed by atoms with Crippen LogP contribution < -0.4 is 5.32 Å². The predicted molar refractivity (Wildman–Crippen MR) is 65.3 cm³/mol. The Hall–Kier alpha value is -0.900. The standard InChI is InChI=1S/C13H21NO2/c1-5-14-13(16-4,11(2)15-3)12-9-7-6-8-10-12/h6-11,14H,5H2,1-4H3. The topological polar surface area (TPSA) is 30.5 Å². The number of hydrogen-bond acceptors (Lipinski definition) is 3. The minimum atomic E-state index is -0.579. The van der Waals surface area contributed by atoms with E-state index in [1.807, 2.05) is 37.3 Å². The summed E-state index contributed by atoms with van der Waals surface area (Å²) in [6.07, 6.45) is -0.0696. The molecule has 1 N–H and O–H groups in total. The number of rotatable bonds is 6. The third-order valence-electron chi connectivity index (χ3n) is 2.89. The minimum Gasteiger partial charge on any atom is -0.377 e. The molecule has 1 aromatic rings. The summed E-state index contributed by atoms with van der Waals surface area (Å²) in [4.78, 5) is 0. The van der Waals surface area contributed by atoms with Crippen LogP contribution >= 0.6 is 0 Å². The minimum absolute atomic E-state index is 0.0696. The Morgan fingerprint density at radius 2 is 1.88 bits per heavy atom. The highest BCUT2D eigenvalue weighted by Gasteiger charge is 2.37. The van der Waals surface area contributed by atoms with E-state index in [1.165, 1.54) is 0 Å². The summed E-state index contributed by atoms with van der Waals surface area (Å²) in [6, 6.07) is 10.1. The molecule has 0 amide bonds. The largest absolute Gasteiger partial charge is 0.377 e. The maximum Gasteiger partial charge on any atom is 0.170 e. The molecule has 0 saturated heterocycles. The number of methoxy groups -OCH3 is 2. The van der Waals surface area contributed by atoms with Crippen LogP contribution in [0.15, 0.2) is 30.3 Å². The van der Waals surface area contributed by atoms with Gasteiger partial charge in [0.1, 0.15) is 6.10 Å². The Kier molecular flexibility index (Phi) is 4.93. The van der Waals surface area contributed by atoms with Crippen molar-refractivity contribution in [3.05, 3.63) is 35.9 Å². The third-order valence-corrected chi connectivity index (χ3v) is 2.89. The second-order valence-corrected chi connectivity index (χ2v) is 3.71. The number of benzene rings is 1. The van der Waals surface area contributed by atoms with Crippen LogP contribution in [0, 0.1) is 0 Å². The van der Waals surface area contributed by atoms with Gasteiger partial charge in [-0.2, -0.15) is 0 Å². The lowest BCUT2D eigenvalue weighted by Gasteiger charge is -2.38. The number of ether oxygens (including phenoxy) is 2. The summed E-state index contributed by atoms with van der Waals surface area (Å²) >= 11 is 0. The zero-order valence-electron chi connectivity index (χ0n) is 10.5. The molecule has 0 aliphatic heterocycles. The molecule has 0 aliphatic carbocycles. The van der Waals surface area contributed by atoms with Gasteiger partial charge in [0.15, 0.2) is 5.72 Å². The molecule has 0 spiro atoms. The Morgan fingerprint density at radius 3 is 2.31 bits per heavy atom. The van der Waals surface area contributed by atoms with Gasteiger partial charge in [0.25, 0.3) is 0 Å². The lowest BCUT2D eigenvalue weighted by atomic mass is 9.97. The van der Waals surface area contributed by atoms with Crippen molar-refractivity contribution in [2.24, 2.45) is 0 Å². The Bertz CT molecular complexity index is 302. The van der Waals surface area contributed by atoms with Gasteiger partial charge in [0, 0.05) is 19.8 Å². The van der Waals surface area contributed by atoms with Crippen molar-refractivity contribution < 1.29 is 9.47 Å². The van der Waals surface area contributed by atoms with E-state index in [-0.39, 0.29) is 6.10 Å². The van der Waals surface area contributed by atoms with Gasteiger partial charge in [-0.05, 0) is 13.5 Å². The highest BCUT2D eigenvalue weighted by molar-refractivity contribution is 5.23. The molecular weight excluding hydrogens is 202 g/mol. The van der Waals surface area contributed by atoms with Gasteiger partial charge in [-0.15, -0.1) is 0 Å². The molecule has 0 heterocycles. The molecule has 0 radical (unpaired) electrons. The number of nitrogens with one attached hydrogen (secondary N) is 1. The number of hydrogen-bond donors (Lipinski definition) is 1. The van der Waals surface area contributed by atoms with Gasteiger partial charge in [0.2, 0.25) is 0 Å². The van der Waals surface area contributed by atoms with Gasteiger partial charge in [0.05, 0.1) is 0 Å². The van der Waals surface area contributed by atoms with Crippen molar-refractivity contribution in [3.8, 4) is 0 Å². The Balaban J connectivity index is 3.11. The molecular formula is C13H21NO2. The van der Waals surface area contributed by atoms with Crippen molar-refractivity contribution >= 4 is 0 Å². The molecule has 0 aliphatic rings. The monoisotopic (exact) mass is 223 g/mol. The molecule has 2 unspecified atom stereocenters. The lowest BCUT2D eigenvalue weighted by molar-refractivity contribution is -0.137. The highest BCUT2D eigenvalue weighted by Crippen LogP contribution is 2.27. The molecule has 0 saturated carbocycles. The van der Waals surface area contributed by atoms with Crippen LogP contribution in [0.4, 0.5) is 0 Å². The van der Waals surface area contributed by atoms with E-state index in [9.17, 15) is 0 Å². The highest BCUT2D eigenvalue weighted by atomic mass is 16.5. The van der Waals surface area contributed by atoms with Crippen LogP contribution in [0.1, 0.15) is 19.4 Å². The summed E-state index contributed by atoms with van der Waals surface area (Å²) in [6.45, 7) is 4.87. The molecule has 0 bridgehead atoms. The van der Waals surface area contributed by atoms with Crippen molar-refractivity contribution in [1.82, 2.24) is 5.32 Å².